The molecule has 0 amide bonds. The first-order valence-electron chi connectivity index (χ1n) is 4.88. The average Bonchev–Trinajstić information content (AvgIpc) is 2.29. The molecular formula is C9H15NO5S. The number of hydrogen-bond donors (Lipinski definition) is 3. The third-order valence-electron chi connectivity index (χ3n) is 2.49. The summed E-state index contributed by atoms with van der Waals surface area (Å²) >= 11 is 4.40. The SMILES string of the molecule is CO[C@H]1O[C@H](CCN=C=S)[C@@H](O)[C@H](O)[C@@H]1O. The van der Waals surface area contributed by atoms with E-state index >= 15 is 0 Å². The van der Waals surface area contributed by atoms with Gasteiger partial charge in [-0.1, -0.05) is 0 Å². The molecule has 0 aliphatic carbocycles. The van der Waals surface area contributed by atoms with Gasteiger partial charge in [-0.3, -0.25) is 0 Å². The second kappa shape index (κ2) is 6.36. The van der Waals surface area contributed by atoms with E-state index in [9.17, 15) is 15.3 Å². The molecule has 0 aromatic heterocycles. The van der Waals surface area contributed by atoms with Crippen LogP contribution in [0.15, 0.2) is 4.99 Å². The van der Waals surface area contributed by atoms with E-state index in [1.807, 2.05) is 0 Å². The van der Waals surface area contributed by atoms with E-state index in [0.717, 1.165) is 0 Å². The molecule has 1 fully saturated rings. The monoisotopic (exact) mass is 249 g/mol. The minimum absolute atomic E-state index is 0.338. The maximum atomic E-state index is 9.64. The van der Waals surface area contributed by atoms with Gasteiger partial charge in [-0.2, -0.15) is 0 Å². The Balaban J connectivity index is 2.59. The number of aliphatic imine (C=N–C) groups is 1. The number of isothiocyanates is 1. The first-order chi connectivity index (χ1) is 7.61. The Kier molecular flexibility index (Phi) is 5.43. The molecule has 16 heavy (non-hydrogen) atoms. The minimum Gasteiger partial charge on any atom is -0.388 e. The third kappa shape index (κ3) is 3.05. The smallest absolute Gasteiger partial charge is 0.186 e. The maximum Gasteiger partial charge on any atom is 0.186 e. The molecule has 1 aliphatic rings. The topological polar surface area (TPSA) is 91.5 Å². The highest BCUT2D eigenvalue weighted by atomic mass is 32.1. The molecule has 0 unspecified atom stereocenters. The number of methoxy groups -OCH3 is 1. The van der Waals surface area contributed by atoms with Gasteiger partial charge in [0.15, 0.2) is 6.29 Å². The van der Waals surface area contributed by atoms with Crippen molar-refractivity contribution < 1.29 is 24.8 Å². The molecule has 5 atom stereocenters. The molecule has 1 aliphatic heterocycles. The van der Waals surface area contributed by atoms with Gasteiger partial charge in [-0.25, -0.2) is 4.99 Å². The summed E-state index contributed by atoms with van der Waals surface area (Å²) in [5.41, 5.74) is 0. The highest BCUT2D eigenvalue weighted by Crippen LogP contribution is 2.23. The van der Waals surface area contributed by atoms with E-state index in [0.29, 0.717) is 13.0 Å². The van der Waals surface area contributed by atoms with E-state index in [1.165, 1.54) is 7.11 Å². The molecule has 0 aromatic rings. The number of nitrogens with zero attached hydrogens (tertiary/aromatic N) is 1. The van der Waals surface area contributed by atoms with Crippen molar-refractivity contribution in [2.45, 2.75) is 37.1 Å². The van der Waals surface area contributed by atoms with Crippen LogP contribution < -0.4 is 0 Å². The maximum absolute atomic E-state index is 9.64. The number of rotatable bonds is 4. The highest BCUT2D eigenvalue weighted by Gasteiger charge is 2.43. The van der Waals surface area contributed by atoms with Crippen LogP contribution in [0.25, 0.3) is 0 Å². The summed E-state index contributed by atoms with van der Waals surface area (Å²) in [4.78, 5) is 3.68. The summed E-state index contributed by atoms with van der Waals surface area (Å²) < 4.78 is 10.1. The second-order valence-corrected chi connectivity index (χ2v) is 3.69. The largest absolute Gasteiger partial charge is 0.388 e. The van der Waals surface area contributed by atoms with Crippen LogP contribution in [0, 0.1) is 0 Å². The van der Waals surface area contributed by atoms with Crippen LogP contribution in [0.5, 0.6) is 0 Å². The molecule has 6 nitrogen and oxygen atoms in total. The fourth-order valence-electron chi connectivity index (χ4n) is 1.59. The summed E-state index contributed by atoms with van der Waals surface area (Å²) in [5, 5.41) is 30.9. The lowest BCUT2D eigenvalue weighted by Gasteiger charge is -2.39. The van der Waals surface area contributed by atoms with Gasteiger partial charge in [0, 0.05) is 7.11 Å². The summed E-state index contributed by atoms with van der Waals surface area (Å²) in [6.07, 6.45) is -4.93. The molecule has 3 N–H and O–H groups in total. The molecule has 7 heteroatoms. The van der Waals surface area contributed by atoms with Crippen molar-refractivity contribution in [2.75, 3.05) is 13.7 Å². The lowest BCUT2D eigenvalue weighted by molar-refractivity contribution is -0.290. The van der Waals surface area contributed by atoms with Gasteiger partial charge in [-0.05, 0) is 18.6 Å². The van der Waals surface area contributed by atoms with E-state index < -0.39 is 30.7 Å². The Morgan fingerprint density at radius 3 is 2.56 bits per heavy atom. The van der Waals surface area contributed by atoms with Gasteiger partial charge in [0.05, 0.1) is 17.8 Å². The number of hydrogen-bond acceptors (Lipinski definition) is 7. The van der Waals surface area contributed by atoms with E-state index in [1.54, 1.807) is 0 Å². The fraction of sp³-hybridized carbons (Fsp3) is 0.889. The number of thiocarbonyl (C=S) groups is 1. The minimum atomic E-state index is -1.29. The van der Waals surface area contributed by atoms with Crippen molar-refractivity contribution in [3.8, 4) is 0 Å². The second-order valence-electron chi connectivity index (χ2n) is 3.51. The normalized spacial score (nSPS) is 39.1. The molecule has 1 saturated heterocycles. The van der Waals surface area contributed by atoms with Gasteiger partial charge in [0.25, 0.3) is 0 Å². The standard InChI is InChI=1S/C9H15NO5S/c1-14-9-8(13)7(12)6(11)5(15-9)2-3-10-4-16/h5-9,11-13H,2-3H2,1H3/t5-,6-,7+,8+,9+/m1/s1. The van der Waals surface area contributed by atoms with Gasteiger partial charge in [0.1, 0.15) is 18.3 Å². The molecule has 1 rings (SSSR count). The highest BCUT2D eigenvalue weighted by molar-refractivity contribution is 7.78. The summed E-state index contributed by atoms with van der Waals surface area (Å²) in [6.45, 7) is 0.338. The number of ether oxygens (including phenoxy) is 2. The van der Waals surface area contributed by atoms with Crippen LogP contribution in [-0.2, 0) is 9.47 Å². The van der Waals surface area contributed by atoms with Gasteiger partial charge < -0.3 is 24.8 Å². The molecule has 0 spiro atoms. The van der Waals surface area contributed by atoms with Crippen LogP contribution in [0.1, 0.15) is 6.42 Å². The van der Waals surface area contributed by atoms with Crippen molar-refractivity contribution in [3.63, 3.8) is 0 Å². The predicted octanol–water partition coefficient (Wildman–Crippen LogP) is -1.07. The van der Waals surface area contributed by atoms with Crippen LogP contribution >= 0.6 is 12.2 Å². The molecule has 92 valence electrons. The summed E-state index contributed by atoms with van der Waals surface area (Å²) in [5.74, 6) is 0. The van der Waals surface area contributed by atoms with Gasteiger partial charge >= 0.3 is 0 Å². The molecule has 0 bridgehead atoms. The Labute approximate surface area is 98.5 Å². The van der Waals surface area contributed by atoms with Gasteiger partial charge in [-0.15, -0.1) is 0 Å². The van der Waals surface area contributed by atoms with Crippen molar-refractivity contribution >= 4 is 17.4 Å². The molecule has 0 saturated carbocycles. The lowest BCUT2D eigenvalue weighted by Crippen LogP contribution is -2.58. The van der Waals surface area contributed by atoms with Gasteiger partial charge in [0.2, 0.25) is 0 Å². The van der Waals surface area contributed by atoms with Crippen LogP contribution in [-0.4, -0.2) is 64.8 Å². The quantitative estimate of drug-likeness (QED) is 0.434. The first-order valence-corrected chi connectivity index (χ1v) is 5.28. The fourth-order valence-corrected chi connectivity index (χ4v) is 1.68. The van der Waals surface area contributed by atoms with E-state index in [2.05, 4.69) is 22.4 Å². The Hall–Kier alpha value is -0.400. The Morgan fingerprint density at radius 1 is 1.31 bits per heavy atom. The lowest BCUT2D eigenvalue weighted by atomic mass is 9.97. The zero-order chi connectivity index (χ0) is 12.1. The van der Waals surface area contributed by atoms with Crippen molar-refractivity contribution in [2.24, 2.45) is 4.99 Å². The van der Waals surface area contributed by atoms with Crippen LogP contribution in [0.2, 0.25) is 0 Å². The number of aliphatic hydroxyl groups is 3. The van der Waals surface area contributed by atoms with Crippen molar-refractivity contribution in [3.05, 3.63) is 0 Å². The predicted molar refractivity (Wildman–Crippen MR) is 58.2 cm³/mol. The van der Waals surface area contributed by atoms with Crippen molar-refractivity contribution in [1.82, 2.24) is 0 Å². The Bertz CT molecular complexity index is 269. The van der Waals surface area contributed by atoms with E-state index in [4.69, 9.17) is 9.47 Å². The summed E-state index contributed by atoms with van der Waals surface area (Å²) in [7, 11) is 1.35. The Morgan fingerprint density at radius 2 is 2.00 bits per heavy atom. The van der Waals surface area contributed by atoms with Crippen molar-refractivity contribution in [1.29, 1.82) is 0 Å². The molecule has 0 radical (unpaired) electrons. The zero-order valence-electron chi connectivity index (χ0n) is 8.81. The number of aliphatic hydroxyl groups excluding tert-OH is 3. The zero-order valence-corrected chi connectivity index (χ0v) is 9.63. The molecule has 1 heterocycles. The molecule has 0 aromatic carbocycles. The van der Waals surface area contributed by atoms with E-state index in [-0.39, 0.29) is 0 Å². The average molecular weight is 249 g/mol. The summed E-state index contributed by atoms with van der Waals surface area (Å²) in [6, 6.07) is 0. The van der Waals surface area contributed by atoms with Crippen LogP contribution in [0.4, 0.5) is 0 Å². The van der Waals surface area contributed by atoms with Crippen LogP contribution in [0.3, 0.4) is 0 Å². The molecular weight excluding hydrogens is 234 g/mol. The third-order valence-corrected chi connectivity index (χ3v) is 2.62. The first kappa shape index (κ1) is 13.7.